The zero-order valence-corrected chi connectivity index (χ0v) is 13.0. The van der Waals surface area contributed by atoms with Crippen molar-refractivity contribution in [1.82, 2.24) is 5.32 Å². The molecule has 1 aromatic rings. The Balaban J connectivity index is 2.95. The molecule has 0 aromatic heterocycles. The van der Waals surface area contributed by atoms with E-state index in [2.05, 4.69) is 11.9 Å². The molecule has 5 heteroatoms. The Morgan fingerprint density at radius 2 is 2.00 bits per heavy atom. The van der Waals surface area contributed by atoms with E-state index in [1.165, 1.54) is 0 Å². The molecule has 20 heavy (non-hydrogen) atoms. The van der Waals surface area contributed by atoms with E-state index in [4.69, 9.17) is 0 Å². The van der Waals surface area contributed by atoms with Crippen molar-refractivity contribution in [2.75, 3.05) is 5.75 Å². The van der Waals surface area contributed by atoms with Crippen LogP contribution in [0.5, 0.6) is 0 Å². The Bertz CT molecular complexity index is 606. The Labute approximate surface area is 120 Å². The fourth-order valence-electron chi connectivity index (χ4n) is 1.79. The third-order valence-corrected chi connectivity index (χ3v) is 5.10. The topological polar surface area (TPSA) is 63.2 Å². The lowest BCUT2D eigenvalue weighted by atomic mass is 10.1. The zero-order valence-electron chi connectivity index (χ0n) is 12.1. The lowest BCUT2D eigenvalue weighted by molar-refractivity contribution is -0.117. The van der Waals surface area contributed by atoms with Gasteiger partial charge in [0.2, 0.25) is 5.91 Å². The fourth-order valence-corrected chi connectivity index (χ4v) is 3.46. The molecule has 0 radical (unpaired) electrons. The maximum absolute atomic E-state index is 12.4. The second-order valence-corrected chi connectivity index (χ2v) is 6.88. The fraction of sp³-hybridized carbons (Fsp3) is 0.400. The second kappa shape index (κ2) is 6.70. The van der Waals surface area contributed by atoms with Gasteiger partial charge in [-0.25, -0.2) is 8.42 Å². The van der Waals surface area contributed by atoms with Gasteiger partial charge < -0.3 is 5.32 Å². The minimum absolute atomic E-state index is 0.106. The molecule has 0 spiro atoms. The summed E-state index contributed by atoms with van der Waals surface area (Å²) in [7, 11) is -3.41. The van der Waals surface area contributed by atoms with Gasteiger partial charge in [0.1, 0.15) is 0 Å². The van der Waals surface area contributed by atoms with Crippen LogP contribution in [0.1, 0.15) is 24.5 Å². The Morgan fingerprint density at radius 1 is 1.35 bits per heavy atom. The van der Waals surface area contributed by atoms with E-state index in [-0.39, 0.29) is 11.7 Å². The molecule has 0 heterocycles. The monoisotopic (exact) mass is 295 g/mol. The molecule has 1 aromatic carbocycles. The predicted molar refractivity (Wildman–Crippen MR) is 80.4 cm³/mol. The number of hydrogen-bond acceptors (Lipinski definition) is 3. The summed E-state index contributed by atoms with van der Waals surface area (Å²) in [5.74, 6) is -0.460. The molecule has 0 unspecified atom stereocenters. The maximum atomic E-state index is 12.4. The SMILES string of the molecule is C=CC(=O)N[C@@H](CC)CS(=O)(=O)c1ccc(C)c(C)c1. The number of aryl methyl sites for hydroxylation is 2. The van der Waals surface area contributed by atoms with Crippen molar-refractivity contribution < 1.29 is 13.2 Å². The van der Waals surface area contributed by atoms with Crippen molar-refractivity contribution in [2.24, 2.45) is 0 Å². The Kier molecular flexibility index (Phi) is 5.51. The summed E-state index contributed by atoms with van der Waals surface area (Å²) in [6.07, 6.45) is 1.69. The van der Waals surface area contributed by atoms with E-state index in [1.54, 1.807) is 18.2 Å². The van der Waals surface area contributed by atoms with Gasteiger partial charge in [0.15, 0.2) is 9.84 Å². The lowest BCUT2D eigenvalue weighted by Gasteiger charge is -2.16. The van der Waals surface area contributed by atoms with Gasteiger partial charge in [-0.2, -0.15) is 0 Å². The highest BCUT2D eigenvalue weighted by Crippen LogP contribution is 2.17. The molecule has 0 saturated heterocycles. The van der Waals surface area contributed by atoms with Crippen LogP contribution in [0.3, 0.4) is 0 Å². The van der Waals surface area contributed by atoms with Gasteiger partial charge in [-0.05, 0) is 49.6 Å². The molecule has 1 N–H and O–H groups in total. The number of rotatable bonds is 6. The van der Waals surface area contributed by atoms with Crippen LogP contribution >= 0.6 is 0 Å². The second-order valence-electron chi connectivity index (χ2n) is 4.85. The molecule has 0 fully saturated rings. The van der Waals surface area contributed by atoms with Gasteiger partial charge in [0.25, 0.3) is 0 Å². The van der Waals surface area contributed by atoms with E-state index in [0.29, 0.717) is 11.3 Å². The van der Waals surface area contributed by atoms with Crippen LogP contribution in [0.4, 0.5) is 0 Å². The Hall–Kier alpha value is -1.62. The number of hydrogen-bond donors (Lipinski definition) is 1. The third kappa shape index (κ3) is 4.20. The van der Waals surface area contributed by atoms with Crippen molar-refractivity contribution in [2.45, 2.75) is 38.1 Å². The number of carbonyl (C=O) groups is 1. The quantitative estimate of drug-likeness (QED) is 0.818. The van der Waals surface area contributed by atoms with Crippen molar-refractivity contribution in [3.05, 3.63) is 42.0 Å². The van der Waals surface area contributed by atoms with E-state index < -0.39 is 15.9 Å². The van der Waals surface area contributed by atoms with E-state index in [0.717, 1.165) is 17.2 Å². The summed E-state index contributed by atoms with van der Waals surface area (Å²) in [6, 6.07) is 4.67. The largest absolute Gasteiger partial charge is 0.349 e. The summed E-state index contributed by atoms with van der Waals surface area (Å²) in [5, 5.41) is 2.63. The molecule has 0 aliphatic heterocycles. The number of amides is 1. The average Bonchev–Trinajstić information content (AvgIpc) is 2.40. The van der Waals surface area contributed by atoms with Gasteiger partial charge >= 0.3 is 0 Å². The van der Waals surface area contributed by atoms with Crippen molar-refractivity contribution in [3.63, 3.8) is 0 Å². The third-order valence-electron chi connectivity index (χ3n) is 3.28. The molecule has 0 bridgehead atoms. The van der Waals surface area contributed by atoms with Gasteiger partial charge in [-0.1, -0.05) is 19.6 Å². The number of benzene rings is 1. The van der Waals surface area contributed by atoms with Crippen molar-refractivity contribution in [1.29, 1.82) is 0 Å². The summed E-state index contributed by atoms with van der Waals surface area (Å²) in [6.45, 7) is 9.02. The predicted octanol–water partition coefficient (Wildman–Crippen LogP) is 2.16. The van der Waals surface area contributed by atoms with Gasteiger partial charge in [0, 0.05) is 6.04 Å². The summed E-state index contributed by atoms with van der Waals surface area (Å²) in [4.78, 5) is 11.6. The van der Waals surface area contributed by atoms with E-state index in [9.17, 15) is 13.2 Å². The number of carbonyl (C=O) groups excluding carboxylic acids is 1. The minimum atomic E-state index is -3.41. The van der Waals surface area contributed by atoms with Gasteiger partial charge in [0.05, 0.1) is 10.6 Å². The highest BCUT2D eigenvalue weighted by molar-refractivity contribution is 7.91. The van der Waals surface area contributed by atoms with Gasteiger partial charge in [-0.15, -0.1) is 0 Å². The van der Waals surface area contributed by atoms with Crippen LogP contribution in [-0.4, -0.2) is 26.1 Å². The molecule has 4 nitrogen and oxygen atoms in total. The van der Waals surface area contributed by atoms with E-state index >= 15 is 0 Å². The lowest BCUT2D eigenvalue weighted by Crippen LogP contribution is -2.38. The maximum Gasteiger partial charge on any atom is 0.243 e. The van der Waals surface area contributed by atoms with Crippen molar-refractivity contribution in [3.8, 4) is 0 Å². The molecule has 1 rings (SSSR count). The summed E-state index contributed by atoms with van der Waals surface area (Å²) < 4.78 is 24.7. The first-order valence-electron chi connectivity index (χ1n) is 6.53. The first-order valence-corrected chi connectivity index (χ1v) is 8.18. The van der Waals surface area contributed by atoms with Crippen LogP contribution in [0.15, 0.2) is 35.7 Å². The summed E-state index contributed by atoms with van der Waals surface area (Å²) >= 11 is 0. The van der Waals surface area contributed by atoms with Crippen LogP contribution in [0, 0.1) is 13.8 Å². The standard InChI is InChI=1S/C15H21NO3S/c1-5-13(16-15(17)6-2)10-20(18,19)14-8-7-11(3)12(4)9-14/h6-9,13H,2,5,10H2,1,3-4H3,(H,16,17)/t13-/m0/s1. The smallest absolute Gasteiger partial charge is 0.243 e. The highest BCUT2D eigenvalue weighted by Gasteiger charge is 2.21. The molecule has 0 saturated carbocycles. The van der Waals surface area contributed by atoms with Crippen molar-refractivity contribution >= 4 is 15.7 Å². The minimum Gasteiger partial charge on any atom is -0.349 e. The van der Waals surface area contributed by atoms with E-state index in [1.807, 2.05) is 20.8 Å². The number of nitrogens with one attached hydrogen (secondary N) is 1. The van der Waals surface area contributed by atoms with Crippen LogP contribution in [-0.2, 0) is 14.6 Å². The van der Waals surface area contributed by atoms with Crippen LogP contribution < -0.4 is 5.32 Å². The van der Waals surface area contributed by atoms with Gasteiger partial charge in [-0.3, -0.25) is 4.79 Å². The first kappa shape index (κ1) is 16.4. The zero-order chi connectivity index (χ0) is 15.3. The van der Waals surface area contributed by atoms with Crippen LogP contribution in [0.25, 0.3) is 0 Å². The molecule has 1 amide bonds. The molecule has 0 aliphatic rings. The molecule has 1 atom stereocenters. The summed E-state index contributed by atoms with van der Waals surface area (Å²) in [5.41, 5.74) is 1.99. The molecular weight excluding hydrogens is 274 g/mol. The highest BCUT2D eigenvalue weighted by atomic mass is 32.2. The first-order chi connectivity index (χ1) is 9.30. The normalized spacial score (nSPS) is 12.8. The Morgan fingerprint density at radius 3 is 2.50 bits per heavy atom. The molecular formula is C15H21NO3S. The number of sulfone groups is 1. The average molecular weight is 295 g/mol. The van der Waals surface area contributed by atoms with Crippen LogP contribution in [0.2, 0.25) is 0 Å². The molecule has 110 valence electrons. The molecule has 0 aliphatic carbocycles.